The molecule has 1 aliphatic carbocycles. The summed E-state index contributed by atoms with van der Waals surface area (Å²) in [4.78, 5) is 24.5. The first-order chi connectivity index (χ1) is 9.85. The van der Waals surface area contributed by atoms with E-state index in [-0.39, 0.29) is 23.3 Å². The Morgan fingerprint density at radius 1 is 1.14 bits per heavy atom. The monoisotopic (exact) mass is 348 g/mol. The van der Waals surface area contributed by atoms with E-state index in [0.29, 0.717) is 18.4 Å². The van der Waals surface area contributed by atoms with Crippen molar-refractivity contribution < 1.29 is 9.59 Å². The Morgan fingerprint density at radius 3 is 2.48 bits per heavy atom. The minimum atomic E-state index is -0.356. The molecule has 0 aromatic heterocycles. The Bertz CT molecular complexity index is 647. The van der Waals surface area contributed by atoms with Crippen LogP contribution in [0.2, 0.25) is 0 Å². The molecular formula is C16H17BrN2O2. The molecule has 4 nitrogen and oxygen atoms in total. The second-order valence-electron chi connectivity index (χ2n) is 6.42. The highest BCUT2D eigenvalue weighted by molar-refractivity contribution is 9.10. The van der Waals surface area contributed by atoms with Crippen LogP contribution < -0.4 is 10.6 Å². The SMILES string of the molecule is CC1(C)CC(=O)C2=C(C1)NC(=O)NC2c1ccc(Br)cc1. The number of rotatable bonds is 1. The molecule has 1 aromatic carbocycles. The number of halogens is 1. The van der Waals surface area contributed by atoms with Crippen molar-refractivity contribution in [1.82, 2.24) is 10.6 Å². The number of amides is 2. The normalized spacial score (nSPS) is 24.2. The van der Waals surface area contributed by atoms with Crippen molar-refractivity contribution >= 4 is 27.7 Å². The lowest BCUT2D eigenvalue weighted by Gasteiger charge is -2.38. The molecule has 3 rings (SSSR count). The highest BCUT2D eigenvalue weighted by atomic mass is 79.9. The van der Waals surface area contributed by atoms with Crippen LogP contribution in [0, 0.1) is 5.41 Å². The van der Waals surface area contributed by atoms with Crippen LogP contribution in [0.4, 0.5) is 4.79 Å². The third kappa shape index (κ3) is 2.75. The summed E-state index contributed by atoms with van der Waals surface area (Å²) in [6.07, 6.45) is 1.23. The average Bonchev–Trinajstić information content (AvgIpc) is 2.36. The van der Waals surface area contributed by atoms with Gasteiger partial charge in [-0.1, -0.05) is 41.9 Å². The number of Topliss-reactive ketones (excluding diaryl/α,β-unsaturated/α-hetero) is 1. The smallest absolute Gasteiger partial charge is 0.319 e. The lowest BCUT2D eigenvalue weighted by Crippen LogP contribution is -2.48. The largest absolute Gasteiger partial charge is 0.327 e. The van der Waals surface area contributed by atoms with Crippen molar-refractivity contribution in [2.75, 3.05) is 0 Å². The summed E-state index contributed by atoms with van der Waals surface area (Å²) in [5.41, 5.74) is 2.29. The summed E-state index contributed by atoms with van der Waals surface area (Å²) in [5, 5.41) is 5.68. The Balaban J connectivity index is 2.06. The van der Waals surface area contributed by atoms with E-state index < -0.39 is 0 Å². The Hall–Kier alpha value is -1.62. The zero-order valence-corrected chi connectivity index (χ0v) is 13.6. The zero-order chi connectivity index (χ0) is 15.2. The molecule has 1 heterocycles. The van der Waals surface area contributed by atoms with Crippen LogP contribution in [-0.2, 0) is 4.79 Å². The molecule has 0 saturated heterocycles. The number of carbonyl (C=O) groups excluding carboxylic acids is 2. The van der Waals surface area contributed by atoms with Gasteiger partial charge in [-0.25, -0.2) is 4.79 Å². The van der Waals surface area contributed by atoms with E-state index in [1.54, 1.807) is 0 Å². The van der Waals surface area contributed by atoms with Crippen LogP contribution in [-0.4, -0.2) is 11.8 Å². The highest BCUT2D eigenvalue weighted by Crippen LogP contribution is 2.41. The predicted octanol–water partition coefficient (Wildman–Crippen LogP) is 3.45. The maximum Gasteiger partial charge on any atom is 0.319 e. The summed E-state index contributed by atoms with van der Waals surface area (Å²) in [5.74, 6) is 0.113. The number of hydrogen-bond donors (Lipinski definition) is 2. The minimum Gasteiger partial charge on any atom is -0.327 e. The van der Waals surface area contributed by atoms with Gasteiger partial charge in [-0.3, -0.25) is 4.79 Å². The van der Waals surface area contributed by atoms with Gasteiger partial charge >= 0.3 is 6.03 Å². The fourth-order valence-electron chi connectivity index (χ4n) is 3.06. The second kappa shape index (κ2) is 4.98. The fraction of sp³-hybridized carbons (Fsp3) is 0.375. The van der Waals surface area contributed by atoms with Gasteiger partial charge in [0.15, 0.2) is 5.78 Å². The number of hydrogen-bond acceptors (Lipinski definition) is 2. The number of allylic oxidation sites excluding steroid dienone is 1. The van der Waals surface area contributed by atoms with Gasteiger partial charge in [0.2, 0.25) is 0 Å². The predicted molar refractivity (Wildman–Crippen MR) is 83.6 cm³/mol. The topological polar surface area (TPSA) is 58.2 Å². The molecule has 0 spiro atoms. The Labute approximate surface area is 132 Å². The number of ketones is 1. The molecule has 1 aliphatic heterocycles. The zero-order valence-electron chi connectivity index (χ0n) is 12.0. The van der Waals surface area contributed by atoms with Crippen LogP contribution in [0.5, 0.6) is 0 Å². The molecule has 2 amide bonds. The van der Waals surface area contributed by atoms with E-state index in [1.165, 1.54) is 0 Å². The molecular weight excluding hydrogens is 332 g/mol. The molecule has 21 heavy (non-hydrogen) atoms. The maximum absolute atomic E-state index is 12.5. The van der Waals surface area contributed by atoms with E-state index in [4.69, 9.17) is 0 Å². The molecule has 2 aliphatic rings. The maximum atomic E-state index is 12.5. The van der Waals surface area contributed by atoms with Crippen LogP contribution in [0.25, 0.3) is 0 Å². The highest BCUT2D eigenvalue weighted by Gasteiger charge is 2.40. The summed E-state index contributed by atoms with van der Waals surface area (Å²) in [7, 11) is 0. The standard InChI is InChI=1S/C16H17BrN2O2/c1-16(2)7-11-13(12(20)8-16)14(19-15(21)18-11)9-3-5-10(17)6-4-9/h3-6,14H,7-8H2,1-2H3,(H2,18,19,21). The number of carbonyl (C=O) groups is 2. The molecule has 1 unspecified atom stereocenters. The molecule has 0 radical (unpaired) electrons. The second-order valence-corrected chi connectivity index (χ2v) is 7.33. The van der Waals surface area contributed by atoms with Gasteiger partial charge in [-0.05, 0) is 29.5 Å². The van der Waals surface area contributed by atoms with Crippen LogP contribution in [0.3, 0.4) is 0 Å². The first-order valence-corrected chi connectivity index (χ1v) is 7.74. The van der Waals surface area contributed by atoms with Crippen molar-refractivity contribution in [1.29, 1.82) is 0 Å². The van der Waals surface area contributed by atoms with E-state index >= 15 is 0 Å². The Kier molecular flexibility index (Phi) is 3.40. The van der Waals surface area contributed by atoms with E-state index in [2.05, 4.69) is 40.4 Å². The van der Waals surface area contributed by atoms with Crippen molar-refractivity contribution in [2.24, 2.45) is 5.41 Å². The van der Waals surface area contributed by atoms with Gasteiger partial charge in [0.25, 0.3) is 0 Å². The third-order valence-electron chi connectivity index (χ3n) is 3.95. The summed E-state index contributed by atoms with van der Waals surface area (Å²) >= 11 is 3.40. The molecule has 0 fully saturated rings. The lowest BCUT2D eigenvalue weighted by atomic mass is 9.73. The van der Waals surface area contributed by atoms with E-state index in [1.807, 2.05) is 24.3 Å². The van der Waals surface area contributed by atoms with Gasteiger partial charge in [0.05, 0.1) is 6.04 Å². The molecule has 110 valence electrons. The van der Waals surface area contributed by atoms with Crippen molar-refractivity contribution in [3.63, 3.8) is 0 Å². The molecule has 0 saturated carbocycles. The number of nitrogens with one attached hydrogen (secondary N) is 2. The lowest BCUT2D eigenvalue weighted by molar-refractivity contribution is -0.118. The van der Waals surface area contributed by atoms with Crippen molar-refractivity contribution in [2.45, 2.75) is 32.7 Å². The average molecular weight is 349 g/mol. The minimum absolute atomic E-state index is 0.106. The van der Waals surface area contributed by atoms with Gasteiger partial charge in [-0.2, -0.15) is 0 Å². The van der Waals surface area contributed by atoms with Gasteiger partial charge < -0.3 is 10.6 Å². The Morgan fingerprint density at radius 2 is 1.81 bits per heavy atom. The van der Waals surface area contributed by atoms with E-state index in [9.17, 15) is 9.59 Å². The van der Waals surface area contributed by atoms with Crippen LogP contribution in [0.15, 0.2) is 40.0 Å². The van der Waals surface area contributed by atoms with Crippen molar-refractivity contribution in [3.8, 4) is 0 Å². The summed E-state index contributed by atoms with van der Waals surface area (Å²) in [6.45, 7) is 4.11. The first kappa shape index (κ1) is 14.3. The molecule has 5 heteroatoms. The molecule has 1 aromatic rings. The number of benzene rings is 1. The molecule has 0 bridgehead atoms. The van der Waals surface area contributed by atoms with Crippen LogP contribution >= 0.6 is 15.9 Å². The third-order valence-corrected chi connectivity index (χ3v) is 4.48. The first-order valence-electron chi connectivity index (χ1n) is 6.95. The van der Waals surface area contributed by atoms with Gasteiger partial charge in [0.1, 0.15) is 0 Å². The molecule has 2 N–H and O–H groups in total. The van der Waals surface area contributed by atoms with Crippen molar-refractivity contribution in [3.05, 3.63) is 45.6 Å². The van der Waals surface area contributed by atoms with Gasteiger partial charge in [0, 0.05) is 22.2 Å². The van der Waals surface area contributed by atoms with Gasteiger partial charge in [-0.15, -0.1) is 0 Å². The summed E-state index contributed by atoms with van der Waals surface area (Å²) in [6, 6.07) is 7.09. The fourth-order valence-corrected chi connectivity index (χ4v) is 3.33. The number of urea groups is 1. The van der Waals surface area contributed by atoms with E-state index in [0.717, 1.165) is 15.7 Å². The molecule has 1 atom stereocenters. The quantitative estimate of drug-likeness (QED) is 0.816. The van der Waals surface area contributed by atoms with Crippen LogP contribution in [0.1, 0.15) is 38.3 Å². The summed E-state index contributed by atoms with van der Waals surface area (Å²) < 4.78 is 0.969.